The molecule has 2 aromatic carbocycles. The number of rotatable bonds is 3. The van der Waals surface area contributed by atoms with E-state index in [2.05, 4.69) is 0 Å². The van der Waals surface area contributed by atoms with Gasteiger partial charge in [0.25, 0.3) is 5.79 Å². The van der Waals surface area contributed by atoms with Crippen molar-refractivity contribution in [3.05, 3.63) is 65.2 Å². The molecule has 0 aromatic heterocycles. The molecule has 0 saturated carbocycles. The topological polar surface area (TPSA) is 72.8 Å². The summed E-state index contributed by atoms with van der Waals surface area (Å²) in [5, 5.41) is 9.12. The van der Waals surface area contributed by atoms with Gasteiger partial charge in [-0.3, -0.25) is 0 Å². The summed E-state index contributed by atoms with van der Waals surface area (Å²) in [6, 6.07) is 14.9. The van der Waals surface area contributed by atoms with Crippen LogP contribution in [-0.2, 0) is 25.7 Å². The molecular weight excluding hydrogens is 320 g/mol. The van der Waals surface area contributed by atoms with Gasteiger partial charge in [0, 0.05) is 13.8 Å². The molecule has 0 atom stereocenters. The molecule has 1 N–H and O–H groups in total. The number of carbonyl (C=O) groups is 2. The number of benzene rings is 2. The van der Waals surface area contributed by atoms with Crippen molar-refractivity contribution < 1.29 is 24.2 Å². The van der Waals surface area contributed by atoms with Crippen molar-refractivity contribution in [2.24, 2.45) is 0 Å². The summed E-state index contributed by atoms with van der Waals surface area (Å²) in [6.07, 6.45) is 1.46. The van der Waals surface area contributed by atoms with E-state index in [1.54, 1.807) is 6.07 Å². The molecule has 25 heavy (non-hydrogen) atoms. The summed E-state index contributed by atoms with van der Waals surface area (Å²) in [4.78, 5) is 24.1. The number of hydrogen-bond donors (Lipinski definition) is 1. The Morgan fingerprint density at radius 2 is 1.60 bits per heavy atom. The Kier molecular flexibility index (Phi) is 4.42. The number of carbonyl (C=O) groups excluding carboxylic acids is 2. The maximum absolute atomic E-state index is 12.0. The Hall–Kier alpha value is -2.92. The first-order chi connectivity index (χ1) is 11.9. The Morgan fingerprint density at radius 1 is 0.960 bits per heavy atom. The summed E-state index contributed by atoms with van der Waals surface area (Å²) in [5.74, 6) is -2.64. The second-order valence-corrected chi connectivity index (χ2v) is 6.22. The predicted octanol–water partition coefficient (Wildman–Crippen LogP) is 3.07. The molecule has 128 valence electrons. The lowest BCUT2D eigenvalue weighted by Gasteiger charge is -2.29. The van der Waals surface area contributed by atoms with E-state index in [4.69, 9.17) is 14.6 Å². The fourth-order valence-electron chi connectivity index (χ4n) is 2.56. The summed E-state index contributed by atoms with van der Waals surface area (Å²) < 4.78 is 10.2. The zero-order valence-electron chi connectivity index (χ0n) is 14.0. The van der Waals surface area contributed by atoms with E-state index < -0.39 is 17.7 Å². The molecule has 5 nitrogen and oxygen atoms in total. The number of aliphatic hydroxyl groups excluding tert-OH is 1. The van der Waals surface area contributed by atoms with Gasteiger partial charge in [0.05, 0.1) is 6.61 Å². The highest BCUT2D eigenvalue weighted by atomic mass is 16.7. The maximum Gasteiger partial charge on any atom is 0.348 e. The number of esters is 2. The van der Waals surface area contributed by atoms with E-state index in [0.717, 1.165) is 16.7 Å². The van der Waals surface area contributed by atoms with E-state index in [9.17, 15) is 9.59 Å². The third-order valence-corrected chi connectivity index (χ3v) is 3.78. The molecule has 0 bridgehead atoms. The van der Waals surface area contributed by atoms with Gasteiger partial charge in [-0.05, 0) is 34.4 Å². The minimum atomic E-state index is -1.25. The second kappa shape index (κ2) is 6.53. The summed E-state index contributed by atoms with van der Waals surface area (Å²) in [7, 11) is 0. The van der Waals surface area contributed by atoms with Gasteiger partial charge in [-0.25, -0.2) is 9.59 Å². The van der Waals surface area contributed by atoms with Gasteiger partial charge in [-0.2, -0.15) is 0 Å². The van der Waals surface area contributed by atoms with Crippen LogP contribution in [0.1, 0.15) is 25.0 Å². The van der Waals surface area contributed by atoms with E-state index >= 15 is 0 Å². The van der Waals surface area contributed by atoms with E-state index in [0.29, 0.717) is 5.56 Å². The Balaban J connectivity index is 1.91. The van der Waals surface area contributed by atoms with E-state index in [1.165, 1.54) is 19.9 Å². The van der Waals surface area contributed by atoms with Crippen molar-refractivity contribution in [2.45, 2.75) is 26.2 Å². The molecule has 0 radical (unpaired) electrons. The Morgan fingerprint density at radius 3 is 2.20 bits per heavy atom. The molecule has 3 rings (SSSR count). The van der Waals surface area contributed by atoms with E-state index in [1.807, 2.05) is 42.5 Å². The smallest absolute Gasteiger partial charge is 0.348 e. The fourth-order valence-corrected chi connectivity index (χ4v) is 2.56. The van der Waals surface area contributed by atoms with Crippen LogP contribution in [0.4, 0.5) is 0 Å². The van der Waals surface area contributed by atoms with Crippen LogP contribution >= 0.6 is 0 Å². The van der Waals surface area contributed by atoms with Gasteiger partial charge in [0.1, 0.15) is 5.57 Å². The molecule has 1 aliphatic heterocycles. The lowest BCUT2D eigenvalue weighted by Crippen LogP contribution is -2.41. The number of aliphatic hydroxyl groups is 1. The van der Waals surface area contributed by atoms with Crippen LogP contribution < -0.4 is 0 Å². The van der Waals surface area contributed by atoms with Gasteiger partial charge >= 0.3 is 11.9 Å². The summed E-state index contributed by atoms with van der Waals surface area (Å²) >= 11 is 0. The van der Waals surface area contributed by atoms with Crippen molar-refractivity contribution in [3.8, 4) is 11.1 Å². The van der Waals surface area contributed by atoms with Crippen LogP contribution in [0.2, 0.25) is 0 Å². The molecule has 0 aliphatic carbocycles. The van der Waals surface area contributed by atoms with Gasteiger partial charge in [0.2, 0.25) is 0 Å². The number of ether oxygens (including phenoxy) is 2. The average molecular weight is 338 g/mol. The predicted molar refractivity (Wildman–Crippen MR) is 92.0 cm³/mol. The van der Waals surface area contributed by atoms with Crippen molar-refractivity contribution in [3.63, 3.8) is 0 Å². The zero-order chi connectivity index (χ0) is 18.0. The average Bonchev–Trinajstić information content (AvgIpc) is 2.58. The SMILES string of the molecule is CC1(C)OC(=O)C(=Cc2cccc(-c3ccc(CO)cc3)c2)C(=O)O1. The molecular formula is C20H18O5. The summed E-state index contributed by atoms with van der Waals surface area (Å²) in [6.45, 7) is 3.01. The second-order valence-electron chi connectivity index (χ2n) is 6.22. The molecule has 1 aliphatic rings. The Labute approximate surface area is 145 Å². The molecule has 1 heterocycles. The summed E-state index contributed by atoms with van der Waals surface area (Å²) in [5.41, 5.74) is 3.28. The minimum absolute atomic E-state index is 0.00696. The zero-order valence-corrected chi connectivity index (χ0v) is 14.0. The maximum atomic E-state index is 12.0. The molecule has 1 saturated heterocycles. The monoisotopic (exact) mass is 338 g/mol. The molecule has 1 fully saturated rings. The first-order valence-corrected chi connectivity index (χ1v) is 7.86. The largest absolute Gasteiger partial charge is 0.419 e. The van der Waals surface area contributed by atoms with Gasteiger partial charge < -0.3 is 14.6 Å². The van der Waals surface area contributed by atoms with Crippen molar-refractivity contribution in [1.82, 2.24) is 0 Å². The quantitative estimate of drug-likeness (QED) is 0.529. The standard InChI is InChI=1S/C20H18O5/c1-20(2)24-18(22)17(19(23)25-20)11-14-4-3-5-16(10-14)15-8-6-13(12-21)7-9-15/h3-11,21H,12H2,1-2H3. The van der Waals surface area contributed by atoms with Crippen LogP contribution in [-0.4, -0.2) is 22.8 Å². The normalized spacial score (nSPS) is 16.2. The third kappa shape index (κ3) is 3.78. The minimum Gasteiger partial charge on any atom is -0.419 e. The fraction of sp³-hybridized carbons (Fsp3) is 0.200. The highest BCUT2D eigenvalue weighted by molar-refractivity contribution is 6.18. The molecule has 0 spiro atoms. The van der Waals surface area contributed by atoms with Gasteiger partial charge in [0.15, 0.2) is 0 Å². The van der Waals surface area contributed by atoms with Crippen LogP contribution in [0.15, 0.2) is 54.1 Å². The molecule has 0 amide bonds. The number of cyclic esters (lactones) is 2. The molecule has 5 heteroatoms. The first kappa shape index (κ1) is 16.9. The van der Waals surface area contributed by atoms with Crippen LogP contribution in [0.5, 0.6) is 0 Å². The lowest BCUT2D eigenvalue weighted by atomic mass is 10.0. The van der Waals surface area contributed by atoms with Gasteiger partial charge in [-0.15, -0.1) is 0 Å². The van der Waals surface area contributed by atoms with Gasteiger partial charge in [-0.1, -0.05) is 42.5 Å². The van der Waals surface area contributed by atoms with Crippen LogP contribution in [0.3, 0.4) is 0 Å². The first-order valence-electron chi connectivity index (χ1n) is 7.86. The Bertz CT molecular complexity index is 825. The molecule has 0 unspecified atom stereocenters. The van der Waals surface area contributed by atoms with Crippen LogP contribution in [0, 0.1) is 0 Å². The number of hydrogen-bond acceptors (Lipinski definition) is 5. The van der Waals surface area contributed by atoms with Crippen molar-refractivity contribution >= 4 is 18.0 Å². The lowest BCUT2D eigenvalue weighted by molar-refractivity contribution is -0.222. The van der Waals surface area contributed by atoms with Crippen molar-refractivity contribution in [2.75, 3.05) is 0 Å². The van der Waals surface area contributed by atoms with Crippen molar-refractivity contribution in [1.29, 1.82) is 0 Å². The highest BCUT2D eigenvalue weighted by Gasteiger charge is 2.38. The van der Waals surface area contributed by atoms with E-state index in [-0.39, 0.29) is 12.2 Å². The highest BCUT2D eigenvalue weighted by Crippen LogP contribution is 2.26. The van der Waals surface area contributed by atoms with Crippen LogP contribution in [0.25, 0.3) is 17.2 Å². The third-order valence-electron chi connectivity index (χ3n) is 3.78. The molecule has 2 aromatic rings.